The summed E-state index contributed by atoms with van der Waals surface area (Å²) in [5, 5.41) is 9.58. The van der Waals surface area contributed by atoms with Gasteiger partial charge in [-0.25, -0.2) is 0 Å². The standard InChI is InChI=1S/C6H10O3S/c1-4(10)9-6-3-8-2-5(6)7/h5-7H,2-3H2,1H3/t5-,6-/m1/s1. The van der Waals surface area contributed by atoms with Crippen molar-refractivity contribution in [1.82, 2.24) is 0 Å². The molecule has 10 heavy (non-hydrogen) atoms. The zero-order valence-electron chi connectivity index (χ0n) is 5.74. The summed E-state index contributed by atoms with van der Waals surface area (Å²) in [5.74, 6) is 0. The van der Waals surface area contributed by atoms with Crippen LogP contribution in [0.5, 0.6) is 0 Å². The third-order valence-corrected chi connectivity index (χ3v) is 1.41. The summed E-state index contributed by atoms with van der Waals surface area (Å²) in [6.45, 7) is 2.48. The molecule has 1 aliphatic rings. The Morgan fingerprint density at radius 1 is 1.70 bits per heavy atom. The van der Waals surface area contributed by atoms with Crippen molar-refractivity contribution < 1.29 is 14.6 Å². The Morgan fingerprint density at radius 3 is 2.80 bits per heavy atom. The smallest absolute Gasteiger partial charge is 0.157 e. The van der Waals surface area contributed by atoms with Crippen LogP contribution in [0.1, 0.15) is 6.92 Å². The van der Waals surface area contributed by atoms with Crippen LogP contribution in [-0.2, 0) is 9.47 Å². The van der Waals surface area contributed by atoms with Crippen LogP contribution >= 0.6 is 12.2 Å². The lowest BCUT2D eigenvalue weighted by molar-refractivity contribution is 0.0678. The van der Waals surface area contributed by atoms with E-state index in [2.05, 4.69) is 0 Å². The second-order valence-corrected chi connectivity index (χ2v) is 2.83. The van der Waals surface area contributed by atoms with Crippen LogP contribution in [0.2, 0.25) is 0 Å². The number of hydrogen-bond acceptors (Lipinski definition) is 4. The summed E-state index contributed by atoms with van der Waals surface area (Å²) >= 11 is 4.70. The average Bonchev–Trinajstić information content (AvgIpc) is 2.15. The highest BCUT2D eigenvalue weighted by Crippen LogP contribution is 2.09. The first-order chi connectivity index (χ1) is 4.70. The van der Waals surface area contributed by atoms with Crippen molar-refractivity contribution in [3.05, 3.63) is 0 Å². The molecule has 0 radical (unpaired) electrons. The van der Waals surface area contributed by atoms with Gasteiger partial charge in [0, 0.05) is 6.92 Å². The molecule has 2 atom stereocenters. The quantitative estimate of drug-likeness (QED) is 0.555. The van der Waals surface area contributed by atoms with Crippen LogP contribution in [0.15, 0.2) is 0 Å². The minimum absolute atomic E-state index is 0.252. The van der Waals surface area contributed by atoms with Gasteiger partial charge in [0.2, 0.25) is 0 Å². The summed E-state index contributed by atoms with van der Waals surface area (Å²) in [6.07, 6.45) is -0.768. The van der Waals surface area contributed by atoms with Gasteiger partial charge in [-0.15, -0.1) is 0 Å². The van der Waals surface area contributed by atoms with Crippen LogP contribution in [0.3, 0.4) is 0 Å². The molecule has 58 valence electrons. The molecule has 1 N–H and O–H groups in total. The predicted octanol–water partition coefficient (Wildman–Crippen LogP) is 0.110. The summed E-state index contributed by atoms with van der Waals surface area (Å²) in [4.78, 5) is 0. The van der Waals surface area contributed by atoms with Crippen LogP contribution in [-0.4, -0.2) is 35.6 Å². The number of aliphatic hydroxyl groups is 1. The summed E-state index contributed by atoms with van der Waals surface area (Å²) in [6, 6.07) is 0. The Hall–Kier alpha value is -0.190. The number of aliphatic hydroxyl groups excluding tert-OH is 1. The van der Waals surface area contributed by atoms with Gasteiger partial charge < -0.3 is 14.6 Å². The van der Waals surface area contributed by atoms with E-state index in [9.17, 15) is 0 Å². The van der Waals surface area contributed by atoms with Gasteiger partial charge >= 0.3 is 0 Å². The SMILES string of the molecule is CC(=S)O[C@@H]1COC[C@H]1O. The topological polar surface area (TPSA) is 38.7 Å². The summed E-state index contributed by atoms with van der Waals surface area (Å²) in [7, 11) is 0. The van der Waals surface area contributed by atoms with E-state index in [1.54, 1.807) is 6.92 Å². The lowest BCUT2D eigenvalue weighted by Crippen LogP contribution is -2.28. The van der Waals surface area contributed by atoms with Crippen molar-refractivity contribution in [3.8, 4) is 0 Å². The fourth-order valence-corrected chi connectivity index (χ4v) is 0.973. The van der Waals surface area contributed by atoms with Gasteiger partial charge in [-0.1, -0.05) is 0 Å². The minimum Gasteiger partial charge on any atom is -0.479 e. The van der Waals surface area contributed by atoms with Crippen molar-refractivity contribution >= 4 is 17.3 Å². The third-order valence-electron chi connectivity index (χ3n) is 1.32. The molecule has 0 aromatic rings. The van der Waals surface area contributed by atoms with E-state index in [1.165, 1.54) is 0 Å². The van der Waals surface area contributed by atoms with E-state index in [-0.39, 0.29) is 6.10 Å². The molecule has 0 bridgehead atoms. The first-order valence-electron chi connectivity index (χ1n) is 3.13. The second kappa shape index (κ2) is 3.27. The lowest BCUT2D eigenvalue weighted by Gasteiger charge is -2.12. The monoisotopic (exact) mass is 162 g/mol. The highest BCUT2D eigenvalue weighted by atomic mass is 32.1. The molecular weight excluding hydrogens is 152 g/mol. The lowest BCUT2D eigenvalue weighted by atomic mass is 10.3. The van der Waals surface area contributed by atoms with E-state index in [0.29, 0.717) is 18.3 Å². The van der Waals surface area contributed by atoms with Crippen molar-refractivity contribution in [3.63, 3.8) is 0 Å². The second-order valence-electron chi connectivity index (χ2n) is 2.25. The van der Waals surface area contributed by atoms with Gasteiger partial charge in [0.25, 0.3) is 0 Å². The largest absolute Gasteiger partial charge is 0.479 e. The molecule has 0 unspecified atom stereocenters. The summed E-state index contributed by atoms with van der Waals surface area (Å²) in [5.41, 5.74) is 0. The van der Waals surface area contributed by atoms with Crippen molar-refractivity contribution in [2.75, 3.05) is 13.2 Å². The fourth-order valence-electron chi connectivity index (χ4n) is 0.849. The first-order valence-corrected chi connectivity index (χ1v) is 3.54. The molecule has 0 spiro atoms. The Kier molecular flexibility index (Phi) is 2.59. The van der Waals surface area contributed by atoms with E-state index in [1.807, 2.05) is 0 Å². The summed E-state index contributed by atoms with van der Waals surface area (Å²) < 4.78 is 10.0. The van der Waals surface area contributed by atoms with Gasteiger partial charge in [0.15, 0.2) is 11.2 Å². The molecule has 0 aromatic carbocycles. The first kappa shape index (κ1) is 7.91. The van der Waals surface area contributed by atoms with E-state index in [4.69, 9.17) is 26.8 Å². The van der Waals surface area contributed by atoms with Crippen LogP contribution in [0, 0.1) is 0 Å². The molecule has 3 nitrogen and oxygen atoms in total. The molecule has 1 saturated heterocycles. The van der Waals surface area contributed by atoms with Gasteiger partial charge in [-0.05, 0) is 12.2 Å². The van der Waals surface area contributed by atoms with Crippen LogP contribution in [0.4, 0.5) is 0 Å². The molecule has 0 aliphatic carbocycles. The molecule has 0 amide bonds. The third kappa shape index (κ3) is 1.90. The van der Waals surface area contributed by atoms with Crippen molar-refractivity contribution in [1.29, 1.82) is 0 Å². The molecular formula is C6H10O3S. The van der Waals surface area contributed by atoms with E-state index >= 15 is 0 Å². The molecule has 1 rings (SSSR count). The van der Waals surface area contributed by atoms with Crippen molar-refractivity contribution in [2.24, 2.45) is 0 Å². The highest BCUT2D eigenvalue weighted by Gasteiger charge is 2.27. The maximum absolute atomic E-state index is 9.13. The molecule has 0 aromatic heterocycles. The highest BCUT2D eigenvalue weighted by molar-refractivity contribution is 7.80. The molecule has 1 fully saturated rings. The Morgan fingerprint density at radius 2 is 2.40 bits per heavy atom. The zero-order chi connectivity index (χ0) is 7.56. The number of rotatable bonds is 1. The molecule has 1 heterocycles. The Bertz CT molecular complexity index is 137. The van der Waals surface area contributed by atoms with E-state index < -0.39 is 6.10 Å². The average molecular weight is 162 g/mol. The van der Waals surface area contributed by atoms with Gasteiger partial charge in [0.05, 0.1) is 13.2 Å². The number of hydrogen-bond donors (Lipinski definition) is 1. The normalized spacial score (nSPS) is 32.2. The van der Waals surface area contributed by atoms with Crippen LogP contribution in [0.25, 0.3) is 0 Å². The predicted molar refractivity (Wildman–Crippen MR) is 40.0 cm³/mol. The van der Waals surface area contributed by atoms with Gasteiger partial charge in [-0.2, -0.15) is 0 Å². The Balaban J connectivity index is 2.33. The molecule has 4 heteroatoms. The zero-order valence-corrected chi connectivity index (χ0v) is 6.56. The van der Waals surface area contributed by atoms with Gasteiger partial charge in [0.1, 0.15) is 6.10 Å². The maximum Gasteiger partial charge on any atom is 0.157 e. The fraction of sp³-hybridized carbons (Fsp3) is 0.833. The van der Waals surface area contributed by atoms with E-state index in [0.717, 1.165) is 0 Å². The molecule has 1 aliphatic heterocycles. The molecule has 0 saturated carbocycles. The van der Waals surface area contributed by atoms with Crippen molar-refractivity contribution in [2.45, 2.75) is 19.1 Å². The number of thiocarbonyl (C=S) groups is 1. The minimum atomic E-state index is -0.516. The van der Waals surface area contributed by atoms with Crippen LogP contribution < -0.4 is 0 Å². The number of ether oxygens (including phenoxy) is 2. The maximum atomic E-state index is 9.13. The Labute approximate surface area is 64.9 Å². The van der Waals surface area contributed by atoms with Gasteiger partial charge in [-0.3, -0.25) is 0 Å².